The van der Waals surface area contributed by atoms with Crippen molar-refractivity contribution >= 4 is 23.4 Å². The van der Waals surface area contributed by atoms with E-state index in [2.05, 4.69) is 15.5 Å². The Morgan fingerprint density at radius 1 is 1.15 bits per heavy atom. The molecule has 0 saturated heterocycles. The average molecular weight is 384 g/mol. The van der Waals surface area contributed by atoms with E-state index in [0.29, 0.717) is 16.4 Å². The maximum atomic E-state index is 13.6. The lowest BCUT2D eigenvalue weighted by atomic mass is 10.1. The van der Waals surface area contributed by atoms with Crippen molar-refractivity contribution in [3.05, 3.63) is 59.4 Å². The Balaban J connectivity index is 1.70. The predicted octanol–water partition coefficient (Wildman–Crippen LogP) is 4.36. The fraction of sp³-hybridized carbons (Fsp3) is 0.250. The number of rotatable bonds is 5. The molecule has 1 N–H and O–H groups in total. The average Bonchev–Trinajstić information content (AvgIpc) is 2.99. The second-order valence-electron chi connectivity index (χ2n) is 6.44. The number of nitrogens with zero attached hydrogens (tertiary/aromatic N) is 3. The lowest BCUT2D eigenvalue weighted by molar-refractivity contribution is -0.115. The molecule has 0 aliphatic rings. The number of carbonyl (C=O) groups is 1. The number of anilines is 1. The molecule has 1 atom stereocenters. The van der Waals surface area contributed by atoms with Gasteiger partial charge in [-0.05, 0) is 38.5 Å². The van der Waals surface area contributed by atoms with E-state index in [0.717, 1.165) is 11.4 Å². The van der Waals surface area contributed by atoms with Crippen molar-refractivity contribution in [3.63, 3.8) is 0 Å². The Hall–Kier alpha value is -2.67. The first kappa shape index (κ1) is 19.1. The van der Waals surface area contributed by atoms with Crippen LogP contribution in [0.15, 0.2) is 47.6 Å². The minimum Gasteiger partial charge on any atom is -0.325 e. The molecule has 1 unspecified atom stereocenters. The van der Waals surface area contributed by atoms with Crippen molar-refractivity contribution in [2.45, 2.75) is 31.2 Å². The second-order valence-corrected chi connectivity index (χ2v) is 7.75. The van der Waals surface area contributed by atoms with Gasteiger partial charge in [-0.3, -0.25) is 4.79 Å². The van der Waals surface area contributed by atoms with Crippen molar-refractivity contribution in [2.24, 2.45) is 7.05 Å². The van der Waals surface area contributed by atoms with Gasteiger partial charge in [-0.1, -0.05) is 47.7 Å². The van der Waals surface area contributed by atoms with E-state index >= 15 is 0 Å². The van der Waals surface area contributed by atoms with Crippen LogP contribution < -0.4 is 5.32 Å². The molecule has 0 fully saturated rings. The normalized spacial score (nSPS) is 12.0. The summed E-state index contributed by atoms with van der Waals surface area (Å²) < 4.78 is 15.5. The molecule has 0 aliphatic carbocycles. The third-order valence-corrected chi connectivity index (χ3v) is 5.37. The van der Waals surface area contributed by atoms with E-state index in [1.54, 1.807) is 26.0 Å². The van der Waals surface area contributed by atoms with Crippen LogP contribution in [0.1, 0.15) is 18.1 Å². The van der Waals surface area contributed by atoms with Gasteiger partial charge in [0.15, 0.2) is 11.0 Å². The van der Waals surface area contributed by atoms with Gasteiger partial charge in [0, 0.05) is 18.3 Å². The first-order valence-corrected chi connectivity index (χ1v) is 9.43. The van der Waals surface area contributed by atoms with Crippen LogP contribution in [-0.2, 0) is 11.8 Å². The van der Waals surface area contributed by atoms with Gasteiger partial charge < -0.3 is 9.88 Å². The number of thioether (sulfide) groups is 1. The predicted molar refractivity (Wildman–Crippen MR) is 106 cm³/mol. The second kappa shape index (κ2) is 7.92. The molecule has 0 radical (unpaired) electrons. The van der Waals surface area contributed by atoms with Gasteiger partial charge in [0.1, 0.15) is 5.82 Å². The highest BCUT2D eigenvalue weighted by molar-refractivity contribution is 8.00. The molecule has 1 heterocycles. The van der Waals surface area contributed by atoms with Gasteiger partial charge in [-0.2, -0.15) is 0 Å². The molecule has 0 bridgehead atoms. The summed E-state index contributed by atoms with van der Waals surface area (Å²) in [6.07, 6.45) is 0. The molecular weight excluding hydrogens is 363 g/mol. The Morgan fingerprint density at radius 2 is 1.85 bits per heavy atom. The summed E-state index contributed by atoms with van der Waals surface area (Å²) in [4.78, 5) is 12.4. The smallest absolute Gasteiger partial charge is 0.237 e. The molecule has 2 aromatic carbocycles. The maximum Gasteiger partial charge on any atom is 0.237 e. The fourth-order valence-corrected chi connectivity index (χ4v) is 3.31. The molecule has 1 aromatic heterocycles. The molecule has 5 nitrogen and oxygen atoms in total. The van der Waals surface area contributed by atoms with Gasteiger partial charge in [0.05, 0.1) is 5.25 Å². The van der Waals surface area contributed by atoms with Crippen molar-refractivity contribution in [3.8, 4) is 11.4 Å². The molecule has 27 heavy (non-hydrogen) atoms. The summed E-state index contributed by atoms with van der Waals surface area (Å²) in [5, 5.41) is 11.4. The Kier molecular flexibility index (Phi) is 5.60. The number of hydrogen-bond acceptors (Lipinski definition) is 4. The summed E-state index contributed by atoms with van der Waals surface area (Å²) in [6.45, 7) is 5.49. The number of amides is 1. The maximum absolute atomic E-state index is 13.6. The third-order valence-electron chi connectivity index (χ3n) is 4.24. The Morgan fingerprint density at radius 3 is 2.52 bits per heavy atom. The lowest BCUT2D eigenvalue weighted by Gasteiger charge is -2.12. The first-order valence-electron chi connectivity index (χ1n) is 8.55. The number of halogens is 1. The number of hydrogen-bond donors (Lipinski definition) is 1. The largest absolute Gasteiger partial charge is 0.325 e. The van der Waals surface area contributed by atoms with Crippen LogP contribution in [-0.4, -0.2) is 25.9 Å². The molecule has 0 spiro atoms. The van der Waals surface area contributed by atoms with E-state index in [4.69, 9.17) is 0 Å². The molecule has 0 aliphatic heterocycles. The van der Waals surface area contributed by atoms with Crippen molar-refractivity contribution < 1.29 is 9.18 Å². The lowest BCUT2D eigenvalue weighted by Crippen LogP contribution is -2.23. The first-order chi connectivity index (χ1) is 12.8. The molecule has 3 rings (SSSR count). The number of benzene rings is 2. The zero-order valence-corrected chi connectivity index (χ0v) is 16.5. The van der Waals surface area contributed by atoms with Crippen LogP contribution >= 0.6 is 11.8 Å². The van der Waals surface area contributed by atoms with Crippen molar-refractivity contribution in [2.75, 3.05) is 5.32 Å². The monoisotopic (exact) mass is 384 g/mol. The number of nitrogens with one attached hydrogen (secondary N) is 1. The summed E-state index contributed by atoms with van der Waals surface area (Å²) >= 11 is 1.31. The van der Waals surface area contributed by atoms with E-state index in [-0.39, 0.29) is 11.7 Å². The topological polar surface area (TPSA) is 59.8 Å². The fourth-order valence-electron chi connectivity index (χ4n) is 2.50. The summed E-state index contributed by atoms with van der Waals surface area (Å²) in [6, 6.07) is 12.7. The van der Waals surface area contributed by atoms with Crippen LogP contribution in [0.25, 0.3) is 11.4 Å². The highest BCUT2D eigenvalue weighted by Crippen LogP contribution is 2.26. The van der Waals surface area contributed by atoms with Crippen LogP contribution in [0.2, 0.25) is 0 Å². The van der Waals surface area contributed by atoms with Gasteiger partial charge in [0.25, 0.3) is 0 Å². The van der Waals surface area contributed by atoms with E-state index < -0.39 is 5.25 Å². The van der Waals surface area contributed by atoms with Crippen LogP contribution in [0.4, 0.5) is 10.1 Å². The minimum absolute atomic E-state index is 0.219. The van der Waals surface area contributed by atoms with E-state index in [1.807, 2.05) is 42.8 Å². The summed E-state index contributed by atoms with van der Waals surface area (Å²) in [5.41, 5.74) is 3.12. The summed E-state index contributed by atoms with van der Waals surface area (Å²) in [7, 11) is 1.87. The minimum atomic E-state index is -0.414. The van der Waals surface area contributed by atoms with E-state index in [9.17, 15) is 9.18 Å². The van der Waals surface area contributed by atoms with Crippen LogP contribution in [0.5, 0.6) is 0 Å². The Labute approximate surface area is 162 Å². The number of carbonyl (C=O) groups excluding carboxylic acids is 1. The molecular formula is C20H21FN4OS. The van der Waals surface area contributed by atoms with Gasteiger partial charge >= 0.3 is 0 Å². The van der Waals surface area contributed by atoms with Crippen molar-refractivity contribution in [1.29, 1.82) is 0 Å². The zero-order chi connectivity index (χ0) is 19.6. The SMILES string of the molecule is Cc1ccc(-c2nnc(SC(C)C(=O)Nc3ccc(C)c(F)c3)n2C)cc1. The summed E-state index contributed by atoms with van der Waals surface area (Å²) in [5.74, 6) is 0.179. The molecule has 0 saturated carbocycles. The highest BCUT2D eigenvalue weighted by Gasteiger charge is 2.19. The third kappa shape index (κ3) is 4.36. The molecule has 1 amide bonds. The number of aromatic nitrogens is 3. The van der Waals surface area contributed by atoms with Gasteiger partial charge in [-0.15, -0.1) is 10.2 Å². The molecule has 7 heteroatoms. The Bertz CT molecular complexity index is 969. The zero-order valence-electron chi connectivity index (χ0n) is 15.7. The number of aryl methyl sites for hydroxylation is 2. The van der Waals surface area contributed by atoms with Gasteiger partial charge in [-0.25, -0.2) is 4.39 Å². The highest BCUT2D eigenvalue weighted by atomic mass is 32.2. The standard InChI is InChI=1S/C20H21FN4OS/c1-12-5-8-15(9-6-12)18-23-24-20(25(18)4)27-14(3)19(26)22-16-10-7-13(2)17(21)11-16/h5-11,14H,1-4H3,(H,22,26). The van der Waals surface area contributed by atoms with E-state index in [1.165, 1.54) is 23.4 Å². The quantitative estimate of drug-likeness (QED) is 0.664. The van der Waals surface area contributed by atoms with Crippen molar-refractivity contribution in [1.82, 2.24) is 14.8 Å². The van der Waals surface area contributed by atoms with Gasteiger partial charge in [0.2, 0.25) is 5.91 Å². The van der Waals surface area contributed by atoms with Crippen LogP contribution in [0.3, 0.4) is 0 Å². The van der Waals surface area contributed by atoms with Crippen LogP contribution in [0, 0.1) is 19.7 Å². The molecule has 3 aromatic rings. The molecule has 140 valence electrons.